The summed E-state index contributed by atoms with van der Waals surface area (Å²) in [6.07, 6.45) is 0. The van der Waals surface area contributed by atoms with Crippen LogP contribution in [0.1, 0.15) is 25.3 Å². The minimum Gasteiger partial charge on any atom is -0.481 e. The molecule has 0 aromatic heterocycles. The van der Waals surface area contributed by atoms with Gasteiger partial charge in [0, 0.05) is 18.1 Å². The molecule has 1 aromatic carbocycles. The van der Waals surface area contributed by atoms with Crippen LogP contribution in [0.4, 0.5) is 0 Å². The van der Waals surface area contributed by atoms with Crippen molar-refractivity contribution in [2.45, 2.75) is 25.4 Å². The first-order chi connectivity index (χ1) is 8.29. The lowest BCUT2D eigenvalue weighted by molar-refractivity contribution is -0.138. The predicted molar refractivity (Wildman–Crippen MR) is 71.0 cm³/mol. The first kappa shape index (κ1) is 15.0. The summed E-state index contributed by atoms with van der Waals surface area (Å²) in [5.74, 6) is -1.55. The van der Waals surface area contributed by atoms with E-state index >= 15 is 0 Å². The lowest BCUT2D eigenvalue weighted by atomic mass is 9.99. The number of rotatable bonds is 6. The molecular weight excluding hydrogens is 254 g/mol. The second kappa shape index (κ2) is 6.18. The summed E-state index contributed by atoms with van der Waals surface area (Å²) >= 11 is 5.76. The van der Waals surface area contributed by atoms with Crippen molar-refractivity contribution in [2.75, 3.05) is 13.1 Å². The lowest BCUT2D eigenvalue weighted by Crippen LogP contribution is -2.38. The Morgan fingerprint density at radius 1 is 1.39 bits per heavy atom. The molecule has 0 radical (unpaired) electrons. The van der Waals surface area contributed by atoms with Gasteiger partial charge in [0.05, 0.1) is 11.5 Å². The van der Waals surface area contributed by atoms with Gasteiger partial charge in [-0.1, -0.05) is 23.7 Å². The van der Waals surface area contributed by atoms with Crippen LogP contribution in [0.15, 0.2) is 24.3 Å². The standard InChI is InChI=1S/C13H18ClNO3/c1-13(2,18)8-15-7-11(12(16)17)9-3-5-10(14)6-4-9/h3-6,11,15,18H,7-8H2,1-2H3,(H,16,17)/t11-/m0/s1. The maximum Gasteiger partial charge on any atom is 0.312 e. The van der Waals surface area contributed by atoms with Crippen molar-refractivity contribution in [3.8, 4) is 0 Å². The van der Waals surface area contributed by atoms with E-state index in [1.165, 1.54) is 0 Å². The van der Waals surface area contributed by atoms with Crippen LogP contribution in [0.5, 0.6) is 0 Å². The van der Waals surface area contributed by atoms with Crippen molar-refractivity contribution in [1.29, 1.82) is 0 Å². The highest BCUT2D eigenvalue weighted by atomic mass is 35.5. The maximum absolute atomic E-state index is 11.2. The largest absolute Gasteiger partial charge is 0.481 e. The topological polar surface area (TPSA) is 69.6 Å². The SMILES string of the molecule is CC(C)(O)CNC[C@H](C(=O)O)c1ccc(Cl)cc1. The summed E-state index contributed by atoms with van der Waals surface area (Å²) in [6.45, 7) is 3.93. The third-order valence-electron chi connectivity index (χ3n) is 2.48. The Morgan fingerprint density at radius 2 is 1.94 bits per heavy atom. The Hall–Kier alpha value is -1.10. The van der Waals surface area contributed by atoms with Gasteiger partial charge in [-0.3, -0.25) is 4.79 Å². The van der Waals surface area contributed by atoms with E-state index in [2.05, 4.69) is 5.32 Å². The number of carboxylic acid groups (broad SMARTS) is 1. The van der Waals surface area contributed by atoms with Crippen LogP contribution in [0.2, 0.25) is 5.02 Å². The number of carboxylic acids is 1. The van der Waals surface area contributed by atoms with Crippen LogP contribution in [0.25, 0.3) is 0 Å². The van der Waals surface area contributed by atoms with Crippen molar-refractivity contribution in [3.63, 3.8) is 0 Å². The molecule has 0 saturated heterocycles. The fourth-order valence-electron chi connectivity index (χ4n) is 1.57. The Balaban J connectivity index is 2.66. The number of halogens is 1. The average Bonchev–Trinajstić information content (AvgIpc) is 2.24. The summed E-state index contributed by atoms with van der Waals surface area (Å²) in [6, 6.07) is 6.74. The molecule has 3 N–H and O–H groups in total. The molecule has 4 nitrogen and oxygen atoms in total. The Bertz CT molecular complexity index is 398. The normalized spacial score (nSPS) is 13.3. The van der Waals surface area contributed by atoms with Crippen LogP contribution in [0, 0.1) is 0 Å². The van der Waals surface area contributed by atoms with E-state index in [1.807, 2.05) is 0 Å². The zero-order valence-electron chi connectivity index (χ0n) is 10.5. The highest BCUT2D eigenvalue weighted by Crippen LogP contribution is 2.18. The van der Waals surface area contributed by atoms with Crippen LogP contribution < -0.4 is 5.32 Å². The zero-order valence-corrected chi connectivity index (χ0v) is 11.2. The van der Waals surface area contributed by atoms with Gasteiger partial charge < -0.3 is 15.5 Å². The molecule has 0 aliphatic heterocycles. The highest BCUT2D eigenvalue weighted by Gasteiger charge is 2.20. The molecule has 1 atom stereocenters. The Labute approximate surface area is 112 Å². The van der Waals surface area contributed by atoms with E-state index in [-0.39, 0.29) is 6.54 Å². The van der Waals surface area contributed by atoms with Gasteiger partial charge in [0.15, 0.2) is 0 Å². The summed E-state index contributed by atoms with van der Waals surface area (Å²) in [7, 11) is 0. The molecule has 0 fully saturated rings. The zero-order chi connectivity index (χ0) is 13.8. The van der Waals surface area contributed by atoms with Gasteiger partial charge in [0.2, 0.25) is 0 Å². The summed E-state index contributed by atoms with van der Waals surface area (Å²) in [5.41, 5.74) is -0.168. The monoisotopic (exact) mass is 271 g/mol. The molecule has 0 spiro atoms. The van der Waals surface area contributed by atoms with Crippen molar-refractivity contribution >= 4 is 17.6 Å². The van der Waals surface area contributed by atoms with Gasteiger partial charge in [0.1, 0.15) is 0 Å². The first-order valence-electron chi connectivity index (χ1n) is 5.71. The van der Waals surface area contributed by atoms with E-state index in [0.29, 0.717) is 17.1 Å². The number of hydrogen-bond donors (Lipinski definition) is 3. The van der Waals surface area contributed by atoms with Crippen LogP contribution in [0.3, 0.4) is 0 Å². The summed E-state index contributed by atoms with van der Waals surface area (Å²) < 4.78 is 0. The van der Waals surface area contributed by atoms with Gasteiger partial charge in [-0.05, 0) is 31.5 Å². The van der Waals surface area contributed by atoms with E-state index in [1.54, 1.807) is 38.1 Å². The predicted octanol–water partition coefficient (Wildman–Crippen LogP) is 1.87. The third kappa shape index (κ3) is 5.04. The number of benzene rings is 1. The van der Waals surface area contributed by atoms with Crippen molar-refractivity contribution < 1.29 is 15.0 Å². The average molecular weight is 272 g/mol. The summed E-state index contributed by atoms with van der Waals surface area (Å²) in [5, 5.41) is 22.3. The maximum atomic E-state index is 11.2. The molecule has 0 bridgehead atoms. The van der Waals surface area contributed by atoms with Gasteiger partial charge in [-0.15, -0.1) is 0 Å². The number of nitrogens with one attached hydrogen (secondary N) is 1. The molecule has 5 heteroatoms. The number of hydrogen-bond acceptors (Lipinski definition) is 3. The lowest BCUT2D eigenvalue weighted by Gasteiger charge is -2.20. The molecule has 18 heavy (non-hydrogen) atoms. The second-order valence-electron chi connectivity index (χ2n) is 4.89. The van der Waals surface area contributed by atoms with Crippen molar-refractivity contribution in [1.82, 2.24) is 5.32 Å². The molecule has 1 rings (SSSR count). The van der Waals surface area contributed by atoms with Crippen LogP contribution in [-0.4, -0.2) is 34.9 Å². The molecule has 0 aliphatic rings. The quantitative estimate of drug-likeness (QED) is 0.739. The molecule has 0 aliphatic carbocycles. The fraction of sp³-hybridized carbons (Fsp3) is 0.462. The van der Waals surface area contributed by atoms with Crippen LogP contribution in [-0.2, 0) is 4.79 Å². The minimum atomic E-state index is -0.902. The minimum absolute atomic E-state index is 0.265. The molecule has 0 amide bonds. The van der Waals surface area contributed by atoms with E-state index < -0.39 is 17.5 Å². The van der Waals surface area contributed by atoms with Gasteiger partial charge in [-0.25, -0.2) is 0 Å². The number of aliphatic carboxylic acids is 1. The van der Waals surface area contributed by atoms with Gasteiger partial charge in [0.25, 0.3) is 0 Å². The van der Waals surface area contributed by atoms with Crippen LogP contribution >= 0.6 is 11.6 Å². The van der Waals surface area contributed by atoms with Crippen molar-refractivity contribution in [3.05, 3.63) is 34.9 Å². The molecule has 100 valence electrons. The third-order valence-corrected chi connectivity index (χ3v) is 2.73. The molecule has 0 heterocycles. The van der Waals surface area contributed by atoms with Gasteiger partial charge >= 0.3 is 5.97 Å². The summed E-state index contributed by atoms with van der Waals surface area (Å²) in [4.78, 5) is 11.2. The van der Waals surface area contributed by atoms with E-state index in [9.17, 15) is 15.0 Å². The van der Waals surface area contributed by atoms with Crippen molar-refractivity contribution in [2.24, 2.45) is 0 Å². The molecule has 0 unspecified atom stereocenters. The Kier molecular flexibility index (Phi) is 5.14. The van der Waals surface area contributed by atoms with E-state index in [4.69, 9.17) is 11.6 Å². The molecular formula is C13H18ClNO3. The van der Waals surface area contributed by atoms with Gasteiger partial charge in [-0.2, -0.15) is 0 Å². The molecule has 0 saturated carbocycles. The fourth-order valence-corrected chi connectivity index (χ4v) is 1.69. The second-order valence-corrected chi connectivity index (χ2v) is 5.32. The Morgan fingerprint density at radius 3 is 2.39 bits per heavy atom. The smallest absolute Gasteiger partial charge is 0.312 e. The first-order valence-corrected chi connectivity index (χ1v) is 6.09. The number of aliphatic hydroxyl groups is 1. The van der Waals surface area contributed by atoms with E-state index in [0.717, 1.165) is 0 Å². The number of carbonyl (C=O) groups is 1. The molecule has 1 aromatic rings. The highest BCUT2D eigenvalue weighted by molar-refractivity contribution is 6.30.